The highest BCUT2D eigenvalue weighted by Gasteiger charge is 2.08. The molecule has 2 N–H and O–H groups in total. The SMILES string of the molecule is N#Cc1nc(Sc2cc(F)ccc2F)ccc1N. The summed E-state index contributed by atoms with van der Waals surface area (Å²) in [6, 6.07) is 8.04. The lowest BCUT2D eigenvalue weighted by Gasteiger charge is -2.04. The topological polar surface area (TPSA) is 62.7 Å². The van der Waals surface area contributed by atoms with Gasteiger partial charge in [0.05, 0.1) is 10.6 Å². The number of nitriles is 1. The van der Waals surface area contributed by atoms with Gasteiger partial charge in [-0.15, -0.1) is 0 Å². The van der Waals surface area contributed by atoms with E-state index in [4.69, 9.17) is 11.0 Å². The Morgan fingerprint density at radius 2 is 2.00 bits per heavy atom. The maximum absolute atomic E-state index is 13.4. The van der Waals surface area contributed by atoms with E-state index >= 15 is 0 Å². The second-order valence-corrected chi connectivity index (χ2v) is 4.44. The summed E-state index contributed by atoms with van der Waals surface area (Å²) in [6.45, 7) is 0. The average Bonchev–Trinajstić information content (AvgIpc) is 2.36. The summed E-state index contributed by atoms with van der Waals surface area (Å²) < 4.78 is 26.4. The highest BCUT2D eigenvalue weighted by Crippen LogP contribution is 2.29. The van der Waals surface area contributed by atoms with Crippen LogP contribution in [0.3, 0.4) is 0 Å². The first-order chi connectivity index (χ1) is 8.60. The van der Waals surface area contributed by atoms with Crippen molar-refractivity contribution in [2.24, 2.45) is 0 Å². The molecule has 0 saturated heterocycles. The number of nitrogens with zero attached hydrogens (tertiary/aromatic N) is 2. The number of aromatic nitrogens is 1. The minimum atomic E-state index is -0.543. The van der Waals surface area contributed by atoms with Crippen LogP contribution >= 0.6 is 11.8 Å². The summed E-state index contributed by atoms with van der Waals surface area (Å²) in [5.41, 5.74) is 5.84. The minimum absolute atomic E-state index is 0.0665. The van der Waals surface area contributed by atoms with Gasteiger partial charge < -0.3 is 5.73 Å². The van der Waals surface area contributed by atoms with Gasteiger partial charge in [-0.25, -0.2) is 13.8 Å². The lowest BCUT2D eigenvalue weighted by Crippen LogP contribution is -1.94. The number of nitrogen functional groups attached to an aromatic ring is 1. The molecule has 0 spiro atoms. The Hall–Kier alpha value is -2.13. The smallest absolute Gasteiger partial charge is 0.164 e. The quantitative estimate of drug-likeness (QED) is 0.904. The molecule has 18 heavy (non-hydrogen) atoms. The Labute approximate surface area is 106 Å². The van der Waals surface area contributed by atoms with E-state index in [1.165, 1.54) is 6.07 Å². The lowest BCUT2D eigenvalue weighted by atomic mass is 10.3. The van der Waals surface area contributed by atoms with Crippen LogP contribution < -0.4 is 5.73 Å². The Balaban J connectivity index is 2.34. The molecule has 0 radical (unpaired) electrons. The Bertz CT molecular complexity index is 638. The number of pyridine rings is 1. The van der Waals surface area contributed by atoms with Crippen LogP contribution in [0, 0.1) is 23.0 Å². The number of benzene rings is 1. The van der Waals surface area contributed by atoms with Gasteiger partial charge in [-0.05, 0) is 30.3 Å². The van der Waals surface area contributed by atoms with Gasteiger partial charge in [0.15, 0.2) is 5.69 Å². The van der Waals surface area contributed by atoms with E-state index in [9.17, 15) is 8.78 Å². The summed E-state index contributed by atoms with van der Waals surface area (Å²) in [6.07, 6.45) is 0. The van der Waals surface area contributed by atoms with Crippen molar-refractivity contribution < 1.29 is 8.78 Å². The van der Waals surface area contributed by atoms with E-state index < -0.39 is 11.6 Å². The van der Waals surface area contributed by atoms with E-state index in [-0.39, 0.29) is 16.3 Å². The van der Waals surface area contributed by atoms with Crippen LogP contribution in [-0.2, 0) is 0 Å². The van der Waals surface area contributed by atoms with Crippen molar-refractivity contribution in [2.75, 3.05) is 5.73 Å². The second kappa shape index (κ2) is 5.02. The zero-order valence-corrected chi connectivity index (χ0v) is 9.84. The number of nitrogens with two attached hydrogens (primary N) is 1. The Morgan fingerprint density at radius 3 is 2.72 bits per heavy atom. The monoisotopic (exact) mass is 263 g/mol. The molecule has 0 saturated carbocycles. The number of rotatable bonds is 2. The van der Waals surface area contributed by atoms with E-state index in [1.54, 1.807) is 6.07 Å². The maximum Gasteiger partial charge on any atom is 0.164 e. The maximum atomic E-state index is 13.4. The summed E-state index contributed by atoms with van der Waals surface area (Å²) in [5, 5.41) is 9.15. The van der Waals surface area contributed by atoms with Gasteiger partial charge >= 0.3 is 0 Å². The third kappa shape index (κ3) is 2.57. The summed E-state index contributed by atoms with van der Waals surface area (Å²) in [7, 11) is 0. The van der Waals surface area contributed by atoms with Crippen LogP contribution in [0.15, 0.2) is 40.3 Å². The molecule has 1 aromatic carbocycles. The molecule has 0 aliphatic carbocycles. The number of halogens is 2. The standard InChI is InChI=1S/C12H7F2N3S/c13-7-1-2-8(14)11(5-7)18-12-4-3-9(16)10(6-15)17-12/h1-5H,16H2. The van der Waals surface area contributed by atoms with Gasteiger partial charge in [-0.1, -0.05) is 11.8 Å². The number of hydrogen-bond acceptors (Lipinski definition) is 4. The molecule has 90 valence electrons. The molecule has 3 nitrogen and oxygen atoms in total. The summed E-state index contributed by atoms with van der Waals surface area (Å²) >= 11 is 0.934. The molecule has 2 rings (SSSR count). The zero-order valence-electron chi connectivity index (χ0n) is 9.02. The molecule has 0 aliphatic rings. The number of hydrogen-bond donors (Lipinski definition) is 1. The van der Waals surface area contributed by atoms with Crippen molar-refractivity contribution >= 4 is 17.4 Å². The second-order valence-electron chi connectivity index (χ2n) is 3.38. The third-order valence-corrected chi connectivity index (χ3v) is 3.08. The molecular weight excluding hydrogens is 256 g/mol. The normalized spacial score (nSPS) is 10.1. The molecule has 0 bridgehead atoms. The highest BCUT2D eigenvalue weighted by atomic mass is 32.2. The fourth-order valence-electron chi connectivity index (χ4n) is 1.27. The van der Waals surface area contributed by atoms with E-state index in [1.807, 2.05) is 6.07 Å². The van der Waals surface area contributed by atoms with Crippen LogP contribution in [0.25, 0.3) is 0 Å². The van der Waals surface area contributed by atoms with Crippen molar-refractivity contribution in [1.82, 2.24) is 4.98 Å². The fourth-order valence-corrected chi connectivity index (χ4v) is 2.10. The molecule has 0 atom stereocenters. The van der Waals surface area contributed by atoms with Gasteiger partial charge in [0, 0.05) is 0 Å². The molecule has 0 unspecified atom stereocenters. The van der Waals surface area contributed by atoms with Crippen molar-refractivity contribution in [3.63, 3.8) is 0 Å². The van der Waals surface area contributed by atoms with Crippen molar-refractivity contribution in [3.8, 4) is 6.07 Å². The first kappa shape index (κ1) is 12.3. The molecule has 2 aromatic rings. The first-order valence-electron chi connectivity index (χ1n) is 4.89. The largest absolute Gasteiger partial charge is 0.396 e. The van der Waals surface area contributed by atoms with Crippen LogP contribution in [0.1, 0.15) is 5.69 Å². The van der Waals surface area contributed by atoms with Crippen LogP contribution in [0.5, 0.6) is 0 Å². The van der Waals surface area contributed by atoms with Crippen LogP contribution in [-0.4, -0.2) is 4.98 Å². The predicted molar refractivity (Wildman–Crippen MR) is 63.8 cm³/mol. The van der Waals surface area contributed by atoms with Gasteiger partial charge in [0.25, 0.3) is 0 Å². The van der Waals surface area contributed by atoms with Crippen molar-refractivity contribution in [1.29, 1.82) is 5.26 Å². The zero-order chi connectivity index (χ0) is 13.1. The van der Waals surface area contributed by atoms with Crippen LogP contribution in [0.4, 0.5) is 14.5 Å². The third-order valence-electron chi connectivity index (χ3n) is 2.11. The van der Waals surface area contributed by atoms with Gasteiger partial charge in [0.2, 0.25) is 0 Å². The molecule has 0 amide bonds. The lowest BCUT2D eigenvalue weighted by molar-refractivity contribution is 0.577. The van der Waals surface area contributed by atoms with Crippen molar-refractivity contribution in [2.45, 2.75) is 9.92 Å². The molecule has 0 fully saturated rings. The predicted octanol–water partition coefficient (Wildman–Crippen LogP) is 2.96. The Morgan fingerprint density at radius 1 is 1.22 bits per heavy atom. The van der Waals surface area contributed by atoms with Gasteiger partial charge in [-0.2, -0.15) is 5.26 Å². The molecule has 1 heterocycles. The number of anilines is 1. The van der Waals surface area contributed by atoms with E-state index in [0.29, 0.717) is 5.03 Å². The Kier molecular flexibility index (Phi) is 3.44. The summed E-state index contributed by atoms with van der Waals surface area (Å²) in [5.74, 6) is -1.08. The van der Waals surface area contributed by atoms with Gasteiger partial charge in [0.1, 0.15) is 22.7 Å². The van der Waals surface area contributed by atoms with Crippen molar-refractivity contribution in [3.05, 3.63) is 47.7 Å². The molecule has 6 heteroatoms. The first-order valence-corrected chi connectivity index (χ1v) is 5.71. The van der Waals surface area contributed by atoms with Gasteiger partial charge in [-0.3, -0.25) is 0 Å². The average molecular weight is 263 g/mol. The fraction of sp³-hybridized carbons (Fsp3) is 0. The van der Waals surface area contributed by atoms with Crippen LogP contribution in [0.2, 0.25) is 0 Å². The highest BCUT2D eigenvalue weighted by molar-refractivity contribution is 7.99. The van der Waals surface area contributed by atoms with E-state index in [0.717, 1.165) is 30.0 Å². The van der Waals surface area contributed by atoms with E-state index in [2.05, 4.69) is 4.98 Å². The molecular formula is C12H7F2N3S. The summed E-state index contributed by atoms with van der Waals surface area (Å²) in [4.78, 5) is 4.05. The minimum Gasteiger partial charge on any atom is -0.396 e. The molecule has 1 aromatic heterocycles. The molecule has 0 aliphatic heterocycles.